The van der Waals surface area contributed by atoms with Gasteiger partial charge in [0, 0.05) is 0 Å². The maximum atomic E-state index is 2.34. The average Bonchev–Trinajstić information content (AvgIpc) is 2.69. The summed E-state index contributed by atoms with van der Waals surface area (Å²) in [5.74, 6) is 0. The molecule has 1 heteroatoms. The lowest BCUT2D eigenvalue weighted by Crippen LogP contribution is -2.05. The minimum absolute atomic E-state index is 0.0399. The van der Waals surface area contributed by atoms with E-state index in [1.165, 1.54) is 57.9 Å². The van der Waals surface area contributed by atoms with E-state index < -0.39 is 0 Å². The van der Waals surface area contributed by atoms with Crippen LogP contribution in [0.1, 0.15) is 43.7 Å². The standard InChI is InChI=1S/C25H29S/c1-3-4-5-7-10-22-15-19-25(20-16-22)26(23-11-8-6-9-12-23)24-17-13-21(2)14-18-24/h6,8-9,11-20H,3-5,7,10H2,1-2H3/q+1. The van der Waals surface area contributed by atoms with Crippen LogP contribution in [0.5, 0.6) is 0 Å². The molecule has 26 heavy (non-hydrogen) atoms. The second-order valence-electron chi connectivity index (χ2n) is 6.89. The van der Waals surface area contributed by atoms with Crippen molar-refractivity contribution in [2.24, 2.45) is 0 Å². The largest absolute Gasteiger partial charge is 0.166 e. The fourth-order valence-corrected chi connectivity index (χ4v) is 5.25. The molecule has 0 N–H and O–H groups in total. The Balaban J connectivity index is 1.84. The van der Waals surface area contributed by atoms with Gasteiger partial charge in [0.05, 0.1) is 10.9 Å². The molecule has 0 bridgehead atoms. The van der Waals surface area contributed by atoms with Crippen LogP contribution in [-0.4, -0.2) is 0 Å². The average molecular weight is 362 g/mol. The highest BCUT2D eigenvalue weighted by Gasteiger charge is 2.28. The molecule has 0 saturated heterocycles. The molecule has 0 nitrogen and oxygen atoms in total. The van der Waals surface area contributed by atoms with Crippen molar-refractivity contribution >= 4 is 10.9 Å². The molecule has 0 aliphatic rings. The summed E-state index contributed by atoms with van der Waals surface area (Å²) in [6.07, 6.45) is 6.49. The highest BCUT2D eigenvalue weighted by molar-refractivity contribution is 7.97. The van der Waals surface area contributed by atoms with Crippen molar-refractivity contribution in [1.82, 2.24) is 0 Å². The number of hydrogen-bond acceptors (Lipinski definition) is 0. The Morgan fingerprint density at radius 2 is 1.19 bits per heavy atom. The maximum Gasteiger partial charge on any atom is 0.166 e. The van der Waals surface area contributed by atoms with Gasteiger partial charge in [-0.15, -0.1) is 0 Å². The summed E-state index contributed by atoms with van der Waals surface area (Å²) in [5, 5.41) is 0. The smallest absolute Gasteiger partial charge is 0.0654 e. The van der Waals surface area contributed by atoms with Crippen LogP contribution in [0.4, 0.5) is 0 Å². The summed E-state index contributed by atoms with van der Waals surface area (Å²) >= 11 is 0. The van der Waals surface area contributed by atoms with Gasteiger partial charge in [-0.1, -0.05) is 74.2 Å². The summed E-state index contributed by atoms with van der Waals surface area (Å²) in [5.41, 5.74) is 2.78. The first kappa shape index (κ1) is 18.8. The molecule has 134 valence electrons. The zero-order valence-electron chi connectivity index (χ0n) is 15.9. The maximum absolute atomic E-state index is 2.34. The van der Waals surface area contributed by atoms with Crippen LogP contribution < -0.4 is 0 Å². The van der Waals surface area contributed by atoms with Crippen LogP contribution in [-0.2, 0) is 17.3 Å². The number of benzene rings is 3. The number of hydrogen-bond donors (Lipinski definition) is 0. The molecule has 0 spiro atoms. The monoisotopic (exact) mass is 361 g/mol. The van der Waals surface area contributed by atoms with Crippen molar-refractivity contribution in [2.75, 3.05) is 0 Å². The van der Waals surface area contributed by atoms with Crippen LogP contribution in [0.3, 0.4) is 0 Å². The van der Waals surface area contributed by atoms with Crippen LogP contribution in [0, 0.1) is 6.92 Å². The molecule has 0 saturated carbocycles. The second kappa shape index (κ2) is 9.64. The zero-order chi connectivity index (χ0) is 18.2. The van der Waals surface area contributed by atoms with Gasteiger partial charge in [-0.2, -0.15) is 0 Å². The van der Waals surface area contributed by atoms with Crippen LogP contribution >= 0.6 is 0 Å². The molecule has 1 unspecified atom stereocenters. The van der Waals surface area contributed by atoms with Crippen LogP contribution in [0.25, 0.3) is 0 Å². The van der Waals surface area contributed by atoms with E-state index in [0.717, 1.165) is 0 Å². The molecule has 1 atom stereocenters. The quantitative estimate of drug-likeness (QED) is 0.293. The predicted octanol–water partition coefficient (Wildman–Crippen LogP) is 7.21. The molecule has 3 rings (SSSR count). The Morgan fingerprint density at radius 1 is 0.615 bits per heavy atom. The number of rotatable bonds is 8. The topological polar surface area (TPSA) is 0 Å². The van der Waals surface area contributed by atoms with E-state index in [4.69, 9.17) is 0 Å². The third-order valence-electron chi connectivity index (χ3n) is 4.71. The van der Waals surface area contributed by atoms with E-state index in [0.29, 0.717) is 0 Å². The molecule has 0 heterocycles. The van der Waals surface area contributed by atoms with Crippen molar-refractivity contribution in [2.45, 2.75) is 60.6 Å². The molecule has 0 amide bonds. The Kier molecular flexibility index (Phi) is 6.96. The van der Waals surface area contributed by atoms with Gasteiger partial charge in [0.1, 0.15) is 0 Å². The van der Waals surface area contributed by atoms with Gasteiger partial charge >= 0.3 is 0 Å². The molecule has 3 aromatic carbocycles. The SMILES string of the molecule is CCCCCCc1ccc([S+](c2ccccc2)c2ccc(C)cc2)cc1. The first-order valence-electron chi connectivity index (χ1n) is 9.73. The van der Waals surface area contributed by atoms with Gasteiger partial charge in [0.25, 0.3) is 0 Å². The van der Waals surface area contributed by atoms with Gasteiger partial charge in [-0.05, 0) is 61.7 Å². The van der Waals surface area contributed by atoms with E-state index in [2.05, 4.69) is 92.7 Å². The highest BCUT2D eigenvalue weighted by Crippen LogP contribution is 2.31. The Labute approximate surface area is 161 Å². The zero-order valence-corrected chi connectivity index (χ0v) is 16.8. The van der Waals surface area contributed by atoms with Gasteiger partial charge in [0.2, 0.25) is 0 Å². The molecule has 0 aromatic heterocycles. The molecule has 0 radical (unpaired) electrons. The van der Waals surface area contributed by atoms with Crippen LogP contribution in [0.2, 0.25) is 0 Å². The minimum Gasteiger partial charge on any atom is -0.0654 e. The third-order valence-corrected chi connectivity index (χ3v) is 6.94. The fourth-order valence-electron chi connectivity index (χ4n) is 3.19. The van der Waals surface area contributed by atoms with Gasteiger partial charge in [-0.25, -0.2) is 0 Å². The summed E-state index contributed by atoms with van der Waals surface area (Å²) in [4.78, 5) is 4.17. The minimum atomic E-state index is -0.0399. The lowest BCUT2D eigenvalue weighted by Gasteiger charge is -2.09. The normalized spacial score (nSPS) is 12.1. The lowest BCUT2D eigenvalue weighted by atomic mass is 10.1. The third kappa shape index (κ3) is 5.02. The van der Waals surface area contributed by atoms with Crippen molar-refractivity contribution in [3.63, 3.8) is 0 Å². The molecule has 0 aliphatic carbocycles. The molecule has 3 aromatic rings. The molecular formula is C25H29S+. The Hall–Kier alpha value is -1.99. The Bertz CT molecular complexity index is 773. The molecular weight excluding hydrogens is 332 g/mol. The summed E-state index contributed by atoms with van der Waals surface area (Å²) < 4.78 is 0. The van der Waals surface area contributed by atoms with Gasteiger partial charge in [-0.3, -0.25) is 0 Å². The predicted molar refractivity (Wildman–Crippen MR) is 114 cm³/mol. The first-order valence-corrected chi connectivity index (χ1v) is 11.0. The van der Waals surface area contributed by atoms with Crippen LogP contribution in [0.15, 0.2) is 93.5 Å². The van der Waals surface area contributed by atoms with E-state index in [-0.39, 0.29) is 10.9 Å². The highest BCUT2D eigenvalue weighted by atomic mass is 32.2. The fraction of sp³-hybridized carbons (Fsp3) is 0.280. The summed E-state index contributed by atoms with van der Waals surface area (Å²) in [6.45, 7) is 4.42. The van der Waals surface area contributed by atoms with Crippen molar-refractivity contribution in [3.8, 4) is 0 Å². The first-order chi connectivity index (χ1) is 12.8. The number of unbranched alkanes of at least 4 members (excludes halogenated alkanes) is 3. The summed E-state index contributed by atoms with van der Waals surface area (Å²) in [7, 11) is -0.0399. The van der Waals surface area contributed by atoms with E-state index in [9.17, 15) is 0 Å². The lowest BCUT2D eigenvalue weighted by molar-refractivity contribution is 0.666. The molecule has 0 aliphatic heterocycles. The summed E-state index contributed by atoms with van der Waals surface area (Å²) in [6, 6.07) is 29.2. The van der Waals surface area contributed by atoms with Crippen molar-refractivity contribution in [3.05, 3.63) is 90.0 Å². The van der Waals surface area contributed by atoms with E-state index >= 15 is 0 Å². The molecule has 0 fully saturated rings. The van der Waals surface area contributed by atoms with E-state index in [1.807, 2.05) is 0 Å². The van der Waals surface area contributed by atoms with Gasteiger partial charge in [0.15, 0.2) is 14.7 Å². The van der Waals surface area contributed by atoms with Crippen molar-refractivity contribution in [1.29, 1.82) is 0 Å². The van der Waals surface area contributed by atoms with E-state index in [1.54, 1.807) is 0 Å². The Morgan fingerprint density at radius 3 is 1.81 bits per heavy atom. The second-order valence-corrected chi connectivity index (χ2v) is 8.91. The number of aryl methyl sites for hydroxylation is 2. The van der Waals surface area contributed by atoms with Gasteiger partial charge < -0.3 is 0 Å². The van der Waals surface area contributed by atoms with Crippen molar-refractivity contribution < 1.29 is 0 Å².